The Morgan fingerprint density at radius 1 is 1.34 bits per heavy atom. The normalized spacial score (nSPS) is 33.2. The molecule has 0 saturated heterocycles. The van der Waals surface area contributed by atoms with Gasteiger partial charge in [-0.25, -0.2) is 13.8 Å². The monoisotopic (exact) mass is 425 g/mol. The van der Waals surface area contributed by atoms with Gasteiger partial charge in [0.05, 0.1) is 35.1 Å². The quantitative estimate of drug-likeness (QED) is 0.739. The summed E-state index contributed by atoms with van der Waals surface area (Å²) in [5.74, 6) is -0.214. The summed E-state index contributed by atoms with van der Waals surface area (Å²) in [5.41, 5.74) is -0.685. The van der Waals surface area contributed by atoms with Gasteiger partial charge >= 0.3 is 0 Å². The second kappa shape index (κ2) is 8.65. The van der Waals surface area contributed by atoms with E-state index in [1.165, 1.54) is 6.08 Å². The van der Waals surface area contributed by atoms with Crippen molar-refractivity contribution in [3.63, 3.8) is 0 Å². The highest BCUT2D eigenvalue weighted by molar-refractivity contribution is 7.99. The molecular weight excluding hydrogens is 400 g/mol. The van der Waals surface area contributed by atoms with Gasteiger partial charge in [0.15, 0.2) is 12.0 Å². The molecule has 1 atom stereocenters. The minimum absolute atomic E-state index is 0.0208. The molecule has 0 radical (unpaired) electrons. The zero-order valence-electron chi connectivity index (χ0n) is 16.2. The van der Waals surface area contributed by atoms with E-state index in [1.54, 1.807) is 18.9 Å². The highest BCUT2D eigenvalue weighted by Crippen LogP contribution is 2.30. The number of hydrogen-bond acceptors (Lipinski definition) is 6. The van der Waals surface area contributed by atoms with Gasteiger partial charge in [-0.05, 0) is 44.6 Å². The zero-order valence-corrected chi connectivity index (χ0v) is 17.1. The number of aromatic nitrogens is 2. The molecule has 1 aromatic rings. The third-order valence-electron chi connectivity index (χ3n) is 5.84. The van der Waals surface area contributed by atoms with Crippen molar-refractivity contribution >= 4 is 29.4 Å². The van der Waals surface area contributed by atoms with Crippen molar-refractivity contribution in [2.24, 2.45) is 4.99 Å². The Morgan fingerprint density at radius 3 is 2.76 bits per heavy atom. The van der Waals surface area contributed by atoms with Crippen LogP contribution in [0.25, 0.3) is 11.9 Å². The average molecular weight is 426 g/mol. The maximum atomic E-state index is 14.6. The summed E-state index contributed by atoms with van der Waals surface area (Å²) in [6.45, 7) is 0. The lowest BCUT2D eigenvalue weighted by Gasteiger charge is -2.31. The Labute approximate surface area is 171 Å². The molecule has 0 aliphatic heterocycles. The number of aliphatic hydroxyl groups is 1. The van der Waals surface area contributed by atoms with E-state index in [9.17, 15) is 18.7 Å². The number of fused-ring (bicyclic) bond motifs is 1. The fourth-order valence-corrected chi connectivity index (χ4v) is 5.11. The number of ether oxygens (including phenoxy) is 1. The van der Waals surface area contributed by atoms with Gasteiger partial charge < -0.3 is 14.8 Å². The van der Waals surface area contributed by atoms with Crippen molar-refractivity contribution in [3.05, 3.63) is 26.7 Å². The minimum Gasteiger partial charge on any atom is -0.393 e. The van der Waals surface area contributed by atoms with Crippen LogP contribution in [0, 0.1) is 0 Å². The molecule has 158 valence electrons. The number of thioether (sulfide) groups is 1. The number of halogens is 2. The van der Waals surface area contributed by atoms with Gasteiger partial charge in [0, 0.05) is 12.4 Å². The van der Waals surface area contributed by atoms with Crippen LogP contribution < -0.4 is 16.1 Å². The number of aliphatic hydroxyl groups excluding tert-OH is 1. The fourth-order valence-electron chi connectivity index (χ4n) is 3.97. The van der Waals surface area contributed by atoms with E-state index < -0.39 is 17.6 Å². The van der Waals surface area contributed by atoms with E-state index in [-0.39, 0.29) is 34.5 Å². The Kier molecular flexibility index (Phi) is 6.17. The summed E-state index contributed by atoms with van der Waals surface area (Å²) in [4.78, 5) is 23.7. The highest BCUT2D eigenvalue weighted by Gasteiger charge is 2.32. The van der Waals surface area contributed by atoms with E-state index in [4.69, 9.17) is 4.74 Å². The van der Waals surface area contributed by atoms with Gasteiger partial charge in [0.1, 0.15) is 11.0 Å². The molecule has 1 unspecified atom stereocenters. The first-order chi connectivity index (χ1) is 13.9. The standard InChI is InChI=1S/C20H25F2N3O3S/c1-28-12-6-10(7-12)23-15-8-14-17(19(22)18(15)21)20(27)25-16(24-14)9-29-13-4-2-11(26)3-5-13/h8,10-13,18,26H,2-7,9H2,1H3,(H,24,25,27). The number of aromatic amines is 1. The first-order valence-electron chi connectivity index (χ1n) is 9.99. The molecule has 3 aliphatic rings. The van der Waals surface area contributed by atoms with Crippen LogP contribution in [-0.4, -0.2) is 57.6 Å². The smallest absolute Gasteiger partial charge is 0.261 e. The van der Waals surface area contributed by atoms with Crippen molar-refractivity contribution < 1.29 is 18.6 Å². The molecule has 4 rings (SSSR count). The van der Waals surface area contributed by atoms with Gasteiger partial charge in [-0.3, -0.25) is 9.79 Å². The fraction of sp³-hybridized carbons (Fsp3) is 0.650. The van der Waals surface area contributed by atoms with Gasteiger partial charge in [-0.15, -0.1) is 0 Å². The van der Waals surface area contributed by atoms with Crippen molar-refractivity contribution in [2.75, 3.05) is 7.11 Å². The number of H-pyrrole nitrogens is 1. The van der Waals surface area contributed by atoms with E-state index in [2.05, 4.69) is 15.0 Å². The number of nitrogens with one attached hydrogen (secondary N) is 1. The molecule has 29 heavy (non-hydrogen) atoms. The number of methoxy groups -OCH3 is 1. The number of hydrogen-bond donors (Lipinski definition) is 2. The summed E-state index contributed by atoms with van der Waals surface area (Å²) >= 11 is 1.66. The second-order valence-electron chi connectivity index (χ2n) is 7.91. The first-order valence-corrected chi connectivity index (χ1v) is 11.0. The molecule has 1 aromatic heterocycles. The molecule has 6 nitrogen and oxygen atoms in total. The molecule has 2 fully saturated rings. The molecule has 0 aromatic carbocycles. The SMILES string of the molecule is COC1CC(N=C2C=c3nc(CSC4CCC(O)CC4)[nH]c(=O)c3=C(F)C2F)C1. The summed E-state index contributed by atoms with van der Waals surface area (Å²) in [5, 5.41) is 9.80. The summed E-state index contributed by atoms with van der Waals surface area (Å²) < 4.78 is 34.3. The molecule has 0 amide bonds. The molecule has 2 N–H and O–H groups in total. The molecule has 0 bridgehead atoms. The topological polar surface area (TPSA) is 87.6 Å². The van der Waals surface area contributed by atoms with Gasteiger partial charge in [-0.2, -0.15) is 11.8 Å². The van der Waals surface area contributed by atoms with Crippen molar-refractivity contribution in [2.45, 2.75) is 73.9 Å². The molecule has 9 heteroatoms. The number of rotatable bonds is 5. The Hall–Kier alpha value is -1.58. The van der Waals surface area contributed by atoms with Crippen molar-refractivity contribution in [1.29, 1.82) is 0 Å². The maximum Gasteiger partial charge on any atom is 0.261 e. The predicted molar refractivity (Wildman–Crippen MR) is 109 cm³/mol. The van der Waals surface area contributed by atoms with Crippen molar-refractivity contribution in [1.82, 2.24) is 9.97 Å². The van der Waals surface area contributed by atoms with E-state index in [0.29, 0.717) is 29.7 Å². The lowest BCUT2D eigenvalue weighted by Crippen LogP contribution is -2.50. The van der Waals surface area contributed by atoms with Gasteiger partial charge in [-0.1, -0.05) is 0 Å². The third kappa shape index (κ3) is 4.46. The van der Waals surface area contributed by atoms with Crippen LogP contribution in [0.5, 0.6) is 0 Å². The lowest BCUT2D eigenvalue weighted by molar-refractivity contribution is 0.0284. The summed E-state index contributed by atoms with van der Waals surface area (Å²) in [6, 6.07) is -0.0996. The summed E-state index contributed by atoms with van der Waals surface area (Å²) in [6.07, 6.45) is 3.99. The van der Waals surface area contributed by atoms with Crippen LogP contribution in [0.15, 0.2) is 9.79 Å². The van der Waals surface area contributed by atoms with Crippen LogP contribution in [0.4, 0.5) is 8.78 Å². The molecule has 3 aliphatic carbocycles. The second-order valence-corrected chi connectivity index (χ2v) is 9.19. The third-order valence-corrected chi connectivity index (χ3v) is 7.22. The molecule has 1 heterocycles. The number of aliphatic imine (C=N–C) groups is 1. The Morgan fingerprint density at radius 2 is 2.07 bits per heavy atom. The van der Waals surface area contributed by atoms with E-state index in [1.807, 2.05) is 0 Å². The van der Waals surface area contributed by atoms with E-state index in [0.717, 1.165) is 25.7 Å². The molecular formula is C20H25F2N3O3S. The number of nitrogens with zero attached hydrogens (tertiary/aromatic N) is 2. The van der Waals surface area contributed by atoms with Crippen molar-refractivity contribution in [3.8, 4) is 0 Å². The van der Waals surface area contributed by atoms with Gasteiger partial charge in [0.25, 0.3) is 5.56 Å². The largest absolute Gasteiger partial charge is 0.393 e. The Bertz CT molecular complexity index is 966. The van der Waals surface area contributed by atoms with Crippen LogP contribution in [0.3, 0.4) is 0 Å². The van der Waals surface area contributed by atoms with E-state index >= 15 is 0 Å². The number of alkyl halides is 1. The molecule has 2 saturated carbocycles. The zero-order chi connectivity index (χ0) is 20.5. The maximum absolute atomic E-state index is 14.6. The first kappa shape index (κ1) is 20.7. The Balaban J connectivity index is 1.56. The van der Waals surface area contributed by atoms with Crippen LogP contribution in [-0.2, 0) is 10.5 Å². The predicted octanol–water partition coefficient (Wildman–Crippen LogP) is 1.13. The minimum atomic E-state index is -2.04. The van der Waals surface area contributed by atoms with Gasteiger partial charge in [0.2, 0.25) is 0 Å². The average Bonchev–Trinajstić information content (AvgIpc) is 2.67. The molecule has 0 spiro atoms. The van der Waals surface area contributed by atoms with Crippen LogP contribution in [0.1, 0.15) is 44.3 Å². The van der Waals surface area contributed by atoms with Crippen LogP contribution in [0.2, 0.25) is 0 Å². The highest BCUT2D eigenvalue weighted by atomic mass is 32.2. The van der Waals surface area contributed by atoms with Crippen LogP contribution >= 0.6 is 11.8 Å². The summed E-state index contributed by atoms with van der Waals surface area (Å²) in [7, 11) is 1.62. The lowest BCUT2D eigenvalue weighted by atomic mass is 9.89.